The first-order valence-corrected chi connectivity index (χ1v) is 8.47. The minimum absolute atomic E-state index is 0.225. The van der Waals surface area contributed by atoms with Gasteiger partial charge in [0.25, 0.3) is 5.91 Å². The zero-order chi connectivity index (χ0) is 19.1. The number of carbonyl (C=O) groups is 2. The second kappa shape index (κ2) is 9.06. The molecule has 2 N–H and O–H groups in total. The lowest BCUT2D eigenvalue weighted by atomic mass is 10.1. The van der Waals surface area contributed by atoms with Crippen molar-refractivity contribution in [3.05, 3.63) is 70.4 Å². The minimum Gasteiger partial charge on any atom is -0.493 e. The number of aliphatic carboxylic acids is 1. The van der Waals surface area contributed by atoms with Gasteiger partial charge >= 0.3 is 5.97 Å². The number of halogens is 1. The second-order valence-electron chi connectivity index (χ2n) is 6.10. The van der Waals surface area contributed by atoms with E-state index in [1.807, 2.05) is 13.8 Å². The molecule has 0 spiro atoms. The first-order chi connectivity index (χ1) is 12.3. The van der Waals surface area contributed by atoms with Crippen LogP contribution in [0.3, 0.4) is 0 Å². The number of carboxylic acid groups (broad SMARTS) is 1. The largest absolute Gasteiger partial charge is 0.493 e. The lowest BCUT2D eigenvalue weighted by Gasteiger charge is -2.10. The van der Waals surface area contributed by atoms with E-state index >= 15 is 0 Å². The normalized spacial score (nSPS) is 11.3. The lowest BCUT2D eigenvalue weighted by molar-refractivity contribution is -0.132. The molecule has 136 valence electrons. The summed E-state index contributed by atoms with van der Waals surface area (Å²) in [6.07, 6.45) is 1.37. The summed E-state index contributed by atoms with van der Waals surface area (Å²) in [5, 5.41) is 12.3. The third-order valence-corrected chi connectivity index (χ3v) is 3.61. The first-order valence-electron chi connectivity index (χ1n) is 8.10. The van der Waals surface area contributed by atoms with Gasteiger partial charge in [-0.15, -0.1) is 0 Å². The van der Waals surface area contributed by atoms with Crippen LogP contribution in [0.15, 0.2) is 54.2 Å². The molecule has 0 unspecified atom stereocenters. The van der Waals surface area contributed by atoms with E-state index in [2.05, 4.69) is 5.32 Å². The summed E-state index contributed by atoms with van der Waals surface area (Å²) >= 11 is 5.81. The van der Waals surface area contributed by atoms with Crippen LogP contribution in [-0.2, 0) is 4.79 Å². The van der Waals surface area contributed by atoms with E-state index in [0.717, 1.165) is 0 Å². The van der Waals surface area contributed by atoms with Crippen LogP contribution in [0.2, 0.25) is 5.02 Å². The fraction of sp³-hybridized carbons (Fsp3) is 0.200. The van der Waals surface area contributed by atoms with E-state index in [4.69, 9.17) is 16.3 Å². The highest BCUT2D eigenvalue weighted by atomic mass is 35.5. The van der Waals surface area contributed by atoms with Gasteiger partial charge in [-0.05, 0) is 54.0 Å². The van der Waals surface area contributed by atoms with E-state index in [9.17, 15) is 14.7 Å². The van der Waals surface area contributed by atoms with Gasteiger partial charge in [0.2, 0.25) is 0 Å². The minimum atomic E-state index is -1.23. The molecule has 2 aromatic carbocycles. The summed E-state index contributed by atoms with van der Waals surface area (Å²) in [5.74, 6) is -0.687. The molecule has 0 atom stereocenters. The van der Waals surface area contributed by atoms with Crippen molar-refractivity contribution in [2.45, 2.75) is 13.8 Å². The van der Waals surface area contributed by atoms with Crippen LogP contribution in [0, 0.1) is 5.92 Å². The van der Waals surface area contributed by atoms with Crippen molar-refractivity contribution in [3.63, 3.8) is 0 Å². The molecule has 0 fully saturated rings. The Hall–Kier alpha value is -2.79. The fourth-order valence-corrected chi connectivity index (χ4v) is 2.16. The Balaban J connectivity index is 2.10. The molecule has 0 saturated heterocycles. The van der Waals surface area contributed by atoms with Crippen molar-refractivity contribution in [2.75, 3.05) is 6.61 Å². The molecule has 0 heterocycles. The number of ether oxygens (including phenoxy) is 1. The van der Waals surface area contributed by atoms with E-state index in [1.54, 1.807) is 48.5 Å². The standard InChI is InChI=1S/C20H20ClNO4/c1-13(2)12-26-17-9-5-15(6-10-17)19(23)22-18(20(24)25)11-14-3-7-16(21)8-4-14/h3-11,13H,12H2,1-2H3,(H,22,23)(H,24,25)/b18-11-. The molecular weight excluding hydrogens is 354 g/mol. The third kappa shape index (κ3) is 5.93. The second-order valence-corrected chi connectivity index (χ2v) is 6.53. The van der Waals surface area contributed by atoms with E-state index < -0.39 is 11.9 Å². The summed E-state index contributed by atoms with van der Waals surface area (Å²) in [6, 6.07) is 13.2. The van der Waals surface area contributed by atoms with E-state index in [-0.39, 0.29) is 5.70 Å². The maximum atomic E-state index is 12.3. The smallest absolute Gasteiger partial charge is 0.352 e. The number of benzene rings is 2. The zero-order valence-electron chi connectivity index (χ0n) is 14.5. The Morgan fingerprint density at radius 2 is 1.73 bits per heavy atom. The molecule has 0 aliphatic carbocycles. The average molecular weight is 374 g/mol. The average Bonchev–Trinajstić information content (AvgIpc) is 2.61. The van der Waals surface area contributed by atoms with Gasteiger partial charge in [0.15, 0.2) is 0 Å². The van der Waals surface area contributed by atoms with Gasteiger partial charge in [0.05, 0.1) is 6.61 Å². The highest BCUT2D eigenvalue weighted by molar-refractivity contribution is 6.30. The molecule has 0 aliphatic heterocycles. The highest BCUT2D eigenvalue weighted by Gasteiger charge is 2.13. The molecule has 0 saturated carbocycles. The predicted octanol–water partition coefficient (Wildman–Crippen LogP) is 4.23. The van der Waals surface area contributed by atoms with Gasteiger partial charge in [0.1, 0.15) is 11.4 Å². The summed E-state index contributed by atoms with van der Waals surface area (Å²) in [6.45, 7) is 4.67. The maximum absolute atomic E-state index is 12.3. The van der Waals surface area contributed by atoms with Gasteiger partial charge in [-0.1, -0.05) is 37.6 Å². The van der Waals surface area contributed by atoms with Gasteiger partial charge in [-0.25, -0.2) is 4.79 Å². The Labute approximate surface area is 157 Å². The van der Waals surface area contributed by atoms with Crippen molar-refractivity contribution in [2.24, 2.45) is 5.92 Å². The number of carboxylic acids is 1. The molecule has 0 bridgehead atoms. The topological polar surface area (TPSA) is 75.6 Å². The third-order valence-electron chi connectivity index (χ3n) is 3.36. The van der Waals surface area contributed by atoms with Crippen LogP contribution >= 0.6 is 11.6 Å². The molecule has 6 heteroatoms. The SMILES string of the molecule is CC(C)COc1ccc(C(=O)N/C(=C\c2ccc(Cl)cc2)C(=O)O)cc1. The van der Waals surface area contributed by atoms with E-state index in [1.165, 1.54) is 6.08 Å². The summed E-state index contributed by atoms with van der Waals surface area (Å²) < 4.78 is 5.56. The van der Waals surface area contributed by atoms with Crippen molar-refractivity contribution in [3.8, 4) is 5.75 Å². The van der Waals surface area contributed by atoms with Gasteiger partial charge in [-0.3, -0.25) is 4.79 Å². The van der Waals surface area contributed by atoms with Crippen molar-refractivity contribution < 1.29 is 19.4 Å². The first kappa shape index (κ1) is 19.5. The number of carbonyl (C=O) groups excluding carboxylic acids is 1. The Morgan fingerprint density at radius 1 is 1.12 bits per heavy atom. The number of rotatable bonds is 7. The highest BCUT2D eigenvalue weighted by Crippen LogP contribution is 2.15. The lowest BCUT2D eigenvalue weighted by Crippen LogP contribution is -2.27. The summed E-state index contributed by atoms with van der Waals surface area (Å²) in [5.41, 5.74) is 0.729. The summed E-state index contributed by atoms with van der Waals surface area (Å²) in [7, 11) is 0. The number of hydrogen-bond donors (Lipinski definition) is 2. The predicted molar refractivity (Wildman–Crippen MR) is 101 cm³/mol. The molecule has 1 amide bonds. The molecule has 2 rings (SSSR count). The van der Waals surface area contributed by atoms with Crippen LogP contribution in [0.25, 0.3) is 6.08 Å². The maximum Gasteiger partial charge on any atom is 0.352 e. The molecular formula is C20H20ClNO4. The van der Waals surface area contributed by atoms with Crippen molar-refractivity contribution in [1.82, 2.24) is 5.32 Å². The molecule has 0 radical (unpaired) electrons. The number of nitrogens with one attached hydrogen (secondary N) is 1. The molecule has 26 heavy (non-hydrogen) atoms. The van der Waals surface area contributed by atoms with Gasteiger partial charge in [0, 0.05) is 10.6 Å². The number of amides is 1. The van der Waals surface area contributed by atoms with Crippen molar-refractivity contribution in [1.29, 1.82) is 0 Å². The van der Waals surface area contributed by atoms with Crippen LogP contribution in [0.5, 0.6) is 5.75 Å². The Morgan fingerprint density at radius 3 is 2.27 bits per heavy atom. The number of hydrogen-bond acceptors (Lipinski definition) is 3. The Bertz CT molecular complexity index is 796. The molecule has 0 aromatic heterocycles. The van der Waals surface area contributed by atoms with Crippen LogP contribution in [-0.4, -0.2) is 23.6 Å². The fourth-order valence-electron chi connectivity index (χ4n) is 2.04. The zero-order valence-corrected chi connectivity index (χ0v) is 15.3. The van der Waals surface area contributed by atoms with Crippen LogP contribution < -0.4 is 10.1 Å². The van der Waals surface area contributed by atoms with Crippen LogP contribution in [0.1, 0.15) is 29.8 Å². The van der Waals surface area contributed by atoms with E-state index in [0.29, 0.717) is 34.4 Å². The molecule has 5 nitrogen and oxygen atoms in total. The van der Waals surface area contributed by atoms with Gasteiger partial charge in [-0.2, -0.15) is 0 Å². The van der Waals surface area contributed by atoms with Gasteiger partial charge < -0.3 is 15.2 Å². The molecule has 0 aliphatic rings. The monoisotopic (exact) mass is 373 g/mol. The molecule has 2 aromatic rings. The summed E-state index contributed by atoms with van der Waals surface area (Å²) in [4.78, 5) is 23.7. The quantitative estimate of drug-likeness (QED) is 0.712. The van der Waals surface area contributed by atoms with Crippen LogP contribution in [0.4, 0.5) is 0 Å². The van der Waals surface area contributed by atoms with Crippen molar-refractivity contribution >= 4 is 29.6 Å². The Kier molecular flexibility index (Phi) is 6.81.